The van der Waals surface area contributed by atoms with E-state index in [1.807, 2.05) is 0 Å². The highest BCUT2D eigenvalue weighted by Crippen LogP contribution is 2.23. The lowest BCUT2D eigenvalue weighted by molar-refractivity contribution is -0.146. The number of carbonyl (C=O) groups excluding carboxylic acids is 1. The molecule has 0 amide bonds. The molecule has 1 atom stereocenters. The van der Waals surface area contributed by atoms with Crippen molar-refractivity contribution in [3.05, 3.63) is 29.8 Å². The van der Waals surface area contributed by atoms with Crippen LogP contribution in [0.2, 0.25) is 0 Å². The molecule has 0 unspecified atom stereocenters. The van der Waals surface area contributed by atoms with Crippen LogP contribution in [0.1, 0.15) is 25.0 Å². The molecule has 0 radical (unpaired) electrons. The second-order valence-electron chi connectivity index (χ2n) is 3.33. The second kappa shape index (κ2) is 6.12. The molecule has 4 nitrogen and oxygen atoms in total. The first-order valence-corrected chi connectivity index (χ1v) is 5.14. The summed E-state index contributed by atoms with van der Waals surface area (Å²) in [4.78, 5) is 11.3. The molecule has 0 aliphatic rings. The van der Waals surface area contributed by atoms with Gasteiger partial charge in [0.25, 0.3) is 0 Å². The van der Waals surface area contributed by atoms with Gasteiger partial charge >= 0.3 is 5.97 Å². The van der Waals surface area contributed by atoms with Crippen molar-refractivity contribution in [3.8, 4) is 5.75 Å². The predicted molar refractivity (Wildman–Crippen MR) is 59.1 cm³/mol. The van der Waals surface area contributed by atoms with Crippen LogP contribution < -0.4 is 0 Å². The summed E-state index contributed by atoms with van der Waals surface area (Å²) in [6.45, 7) is 2.11. The number of esters is 1. The number of hydrogen-bond acceptors (Lipinski definition) is 4. The standard InChI is InChI=1S/C12H16O4/c1-3-16-12(14)8-11(15-2)9-5-4-6-10(13)7-9/h4-7,11,13H,3,8H2,1-2H3/t11-/m1/s1. The predicted octanol–water partition coefficient (Wildman–Crippen LogP) is 2.03. The summed E-state index contributed by atoms with van der Waals surface area (Å²) in [7, 11) is 1.52. The lowest BCUT2D eigenvalue weighted by Gasteiger charge is -2.14. The molecule has 0 heterocycles. The molecule has 1 N–H and O–H groups in total. The van der Waals surface area contributed by atoms with Crippen LogP contribution in [-0.2, 0) is 14.3 Å². The summed E-state index contributed by atoms with van der Waals surface area (Å²) in [6.07, 6.45) is -0.237. The van der Waals surface area contributed by atoms with Gasteiger partial charge in [0.05, 0.1) is 19.1 Å². The van der Waals surface area contributed by atoms with E-state index in [-0.39, 0.29) is 24.2 Å². The number of carbonyl (C=O) groups is 1. The maximum atomic E-state index is 11.3. The van der Waals surface area contributed by atoms with E-state index in [9.17, 15) is 9.90 Å². The zero-order valence-electron chi connectivity index (χ0n) is 9.47. The zero-order chi connectivity index (χ0) is 12.0. The van der Waals surface area contributed by atoms with Gasteiger partial charge in [-0.1, -0.05) is 12.1 Å². The molecule has 0 aromatic heterocycles. The first-order valence-electron chi connectivity index (χ1n) is 5.14. The number of phenolic OH excluding ortho intramolecular Hbond substituents is 1. The molecule has 16 heavy (non-hydrogen) atoms. The molecule has 1 rings (SSSR count). The number of benzene rings is 1. The minimum atomic E-state index is -0.383. The molecule has 4 heteroatoms. The Balaban J connectivity index is 2.70. The van der Waals surface area contributed by atoms with Crippen molar-refractivity contribution in [2.24, 2.45) is 0 Å². The molecule has 88 valence electrons. The maximum absolute atomic E-state index is 11.3. The van der Waals surface area contributed by atoms with E-state index >= 15 is 0 Å². The number of methoxy groups -OCH3 is 1. The van der Waals surface area contributed by atoms with Crippen molar-refractivity contribution < 1.29 is 19.4 Å². The summed E-state index contributed by atoms with van der Waals surface area (Å²) in [6, 6.07) is 6.66. The minimum absolute atomic E-state index is 0.147. The normalized spacial score (nSPS) is 12.1. The second-order valence-corrected chi connectivity index (χ2v) is 3.33. The van der Waals surface area contributed by atoms with Crippen LogP contribution in [0.25, 0.3) is 0 Å². The van der Waals surface area contributed by atoms with Gasteiger partial charge in [0, 0.05) is 7.11 Å². The summed E-state index contributed by atoms with van der Waals surface area (Å²) in [5.74, 6) is -0.152. The Morgan fingerprint density at radius 1 is 1.50 bits per heavy atom. The highest BCUT2D eigenvalue weighted by molar-refractivity contribution is 5.70. The summed E-state index contributed by atoms with van der Waals surface area (Å²) < 4.78 is 10.0. The van der Waals surface area contributed by atoms with E-state index in [1.165, 1.54) is 7.11 Å². The Hall–Kier alpha value is -1.55. The Morgan fingerprint density at radius 3 is 2.81 bits per heavy atom. The lowest BCUT2D eigenvalue weighted by atomic mass is 10.1. The number of hydrogen-bond donors (Lipinski definition) is 1. The van der Waals surface area contributed by atoms with Gasteiger partial charge in [-0.3, -0.25) is 4.79 Å². The quantitative estimate of drug-likeness (QED) is 0.777. The van der Waals surface area contributed by atoms with Gasteiger partial charge in [0.1, 0.15) is 5.75 Å². The highest BCUT2D eigenvalue weighted by Gasteiger charge is 2.16. The molecule has 1 aromatic carbocycles. The van der Waals surface area contributed by atoms with Crippen molar-refractivity contribution in [2.45, 2.75) is 19.4 Å². The number of ether oxygens (including phenoxy) is 2. The molecule has 0 aliphatic carbocycles. The Kier molecular flexibility index (Phi) is 4.79. The van der Waals surface area contributed by atoms with Crippen LogP contribution in [-0.4, -0.2) is 24.8 Å². The molecule has 0 spiro atoms. The van der Waals surface area contributed by atoms with Crippen molar-refractivity contribution in [1.82, 2.24) is 0 Å². The average Bonchev–Trinajstić information content (AvgIpc) is 2.26. The third kappa shape index (κ3) is 3.55. The van der Waals surface area contributed by atoms with Crippen LogP contribution in [0.4, 0.5) is 0 Å². The van der Waals surface area contributed by atoms with Crippen LogP contribution in [0, 0.1) is 0 Å². The Morgan fingerprint density at radius 2 is 2.25 bits per heavy atom. The monoisotopic (exact) mass is 224 g/mol. The number of rotatable bonds is 5. The van der Waals surface area contributed by atoms with Gasteiger partial charge in [-0.25, -0.2) is 0 Å². The Bertz CT molecular complexity index is 349. The fourth-order valence-corrected chi connectivity index (χ4v) is 1.43. The average molecular weight is 224 g/mol. The van der Waals surface area contributed by atoms with E-state index in [0.717, 1.165) is 5.56 Å². The van der Waals surface area contributed by atoms with Crippen molar-refractivity contribution in [3.63, 3.8) is 0 Å². The Labute approximate surface area is 94.8 Å². The topological polar surface area (TPSA) is 55.8 Å². The van der Waals surface area contributed by atoms with Crippen LogP contribution >= 0.6 is 0 Å². The van der Waals surface area contributed by atoms with Crippen molar-refractivity contribution in [1.29, 1.82) is 0 Å². The first kappa shape index (κ1) is 12.5. The van der Waals surface area contributed by atoms with E-state index < -0.39 is 0 Å². The molecular weight excluding hydrogens is 208 g/mol. The van der Waals surface area contributed by atoms with Gasteiger partial charge in [0.15, 0.2) is 0 Å². The molecular formula is C12H16O4. The largest absolute Gasteiger partial charge is 0.508 e. The van der Waals surface area contributed by atoms with Crippen LogP contribution in [0.3, 0.4) is 0 Å². The fraction of sp³-hybridized carbons (Fsp3) is 0.417. The third-order valence-electron chi connectivity index (χ3n) is 2.18. The van der Waals surface area contributed by atoms with Crippen LogP contribution in [0.5, 0.6) is 5.75 Å². The molecule has 0 fully saturated rings. The maximum Gasteiger partial charge on any atom is 0.308 e. The van der Waals surface area contributed by atoms with E-state index in [0.29, 0.717) is 6.61 Å². The van der Waals surface area contributed by atoms with E-state index in [4.69, 9.17) is 9.47 Å². The smallest absolute Gasteiger partial charge is 0.308 e. The summed E-state index contributed by atoms with van der Waals surface area (Å²) in [5, 5.41) is 9.32. The SMILES string of the molecule is CCOC(=O)C[C@@H](OC)c1cccc(O)c1. The van der Waals surface area contributed by atoms with Crippen LogP contribution in [0.15, 0.2) is 24.3 Å². The minimum Gasteiger partial charge on any atom is -0.508 e. The number of phenols is 1. The number of aromatic hydroxyl groups is 1. The summed E-state index contributed by atoms with van der Waals surface area (Å²) >= 11 is 0. The molecule has 1 aromatic rings. The zero-order valence-corrected chi connectivity index (χ0v) is 9.47. The van der Waals surface area contributed by atoms with Gasteiger partial charge in [0.2, 0.25) is 0 Å². The van der Waals surface area contributed by atoms with E-state index in [1.54, 1.807) is 31.2 Å². The van der Waals surface area contributed by atoms with E-state index in [2.05, 4.69) is 0 Å². The fourth-order valence-electron chi connectivity index (χ4n) is 1.43. The first-order chi connectivity index (χ1) is 7.67. The molecule has 0 bridgehead atoms. The molecule has 0 saturated heterocycles. The van der Waals surface area contributed by atoms with Gasteiger partial charge in [-0.05, 0) is 24.6 Å². The summed E-state index contributed by atoms with van der Waals surface area (Å²) in [5.41, 5.74) is 0.760. The van der Waals surface area contributed by atoms with Crippen molar-refractivity contribution >= 4 is 5.97 Å². The highest BCUT2D eigenvalue weighted by atomic mass is 16.5. The van der Waals surface area contributed by atoms with Gasteiger partial charge in [-0.15, -0.1) is 0 Å². The third-order valence-corrected chi connectivity index (χ3v) is 2.18. The molecule has 0 aliphatic heterocycles. The lowest BCUT2D eigenvalue weighted by Crippen LogP contribution is -2.11. The van der Waals surface area contributed by atoms with Crippen molar-refractivity contribution in [2.75, 3.05) is 13.7 Å². The van der Waals surface area contributed by atoms with Gasteiger partial charge in [-0.2, -0.15) is 0 Å². The van der Waals surface area contributed by atoms with Gasteiger partial charge < -0.3 is 14.6 Å². The molecule has 0 saturated carbocycles.